The summed E-state index contributed by atoms with van der Waals surface area (Å²) in [5, 5.41) is 9.11. The highest BCUT2D eigenvalue weighted by atomic mass is 35.5. The zero-order chi connectivity index (χ0) is 14.8. The van der Waals surface area contributed by atoms with E-state index in [-0.39, 0.29) is 0 Å². The fourth-order valence-corrected chi connectivity index (χ4v) is 4.50. The summed E-state index contributed by atoms with van der Waals surface area (Å²) in [7, 11) is 0. The van der Waals surface area contributed by atoms with Crippen LogP contribution in [0.3, 0.4) is 0 Å². The molecule has 0 saturated heterocycles. The van der Waals surface area contributed by atoms with Crippen molar-refractivity contribution in [2.24, 2.45) is 0 Å². The summed E-state index contributed by atoms with van der Waals surface area (Å²) in [5.41, 5.74) is 1.97. The average Bonchev–Trinajstić information content (AvgIpc) is 3.08. The topological polar surface area (TPSA) is 12.0 Å². The Balaban J connectivity index is 1.74. The van der Waals surface area contributed by atoms with E-state index in [2.05, 4.69) is 34.3 Å². The van der Waals surface area contributed by atoms with E-state index in [1.807, 2.05) is 0 Å². The second kappa shape index (κ2) is 6.59. The Morgan fingerprint density at radius 3 is 2.43 bits per heavy atom. The lowest BCUT2D eigenvalue weighted by molar-refractivity contribution is 1.19. The molecule has 0 aliphatic heterocycles. The molecule has 0 unspecified atom stereocenters. The van der Waals surface area contributed by atoms with E-state index in [1.54, 1.807) is 34.8 Å². The summed E-state index contributed by atoms with van der Waals surface area (Å²) in [6.07, 6.45) is 0. The van der Waals surface area contributed by atoms with Gasteiger partial charge in [0.15, 0.2) is 0 Å². The number of hydrogen-bond acceptors (Lipinski definition) is 3. The van der Waals surface area contributed by atoms with E-state index < -0.39 is 0 Å². The summed E-state index contributed by atoms with van der Waals surface area (Å²) in [4.78, 5) is 2.50. The van der Waals surface area contributed by atoms with E-state index >= 15 is 0 Å². The number of hydrogen-bond donors (Lipinski definition) is 1. The van der Waals surface area contributed by atoms with Crippen molar-refractivity contribution >= 4 is 63.2 Å². The summed E-state index contributed by atoms with van der Waals surface area (Å²) in [6, 6.07) is 9.73. The monoisotopic (exact) mass is 373 g/mol. The minimum absolute atomic E-state index is 0.530. The van der Waals surface area contributed by atoms with Crippen molar-refractivity contribution < 1.29 is 0 Å². The molecule has 3 rings (SSSR count). The largest absolute Gasteiger partial charge is 0.378 e. The number of thiophene rings is 2. The first-order chi connectivity index (χ1) is 10.1. The van der Waals surface area contributed by atoms with Crippen LogP contribution in [0.25, 0.3) is 10.4 Å². The molecule has 0 fully saturated rings. The van der Waals surface area contributed by atoms with Crippen molar-refractivity contribution in [1.82, 2.24) is 0 Å². The van der Waals surface area contributed by atoms with Gasteiger partial charge in [-0.3, -0.25) is 0 Å². The summed E-state index contributed by atoms with van der Waals surface area (Å²) in [6.45, 7) is 0.678. The van der Waals surface area contributed by atoms with Crippen LogP contribution in [0.1, 0.15) is 4.88 Å². The molecular formula is C15H10Cl3NS2. The van der Waals surface area contributed by atoms with Crippen LogP contribution in [0.4, 0.5) is 5.69 Å². The van der Waals surface area contributed by atoms with E-state index in [1.165, 1.54) is 15.3 Å². The minimum Gasteiger partial charge on any atom is -0.378 e. The third kappa shape index (κ3) is 3.55. The molecule has 0 spiro atoms. The lowest BCUT2D eigenvalue weighted by Crippen LogP contribution is -1.98. The predicted octanol–water partition coefficient (Wildman–Crippen LogP) is 7.05. The number of rotatable bonds is 4. The molecule has 3 aromatic rings. The fourth-order valence-electron chi connectivity index (χ4n) is 1.93. The molecule has 0 saturated carbocycles. The van der Waals surface area contributed by atoms with Crippen molar-refractivity contribution in [2.75, 3.05) is 5.32 Å². The molecule has 1 aromatic carbocycles. The highest BCUT2D eigenvalue weighted by Gasteiger charge is 2.09. The summed E-state index contributed by atoms with van der Waals surface area (Å²) >= 11 is 21.7. The zero-order valence-electron chi connectivity index (χ0n) is 10.7. The van der Waals surface area contributed by atoms with Gasteiger partial charge in [0.1, 0.15) is 0 Å². The maximum Gasteiger partial charge on any atom is 0.0722 e. The molecule has 0 radical (unpaired) electrons. The van der Waals surface area contributed by atoms with Crippen LogP contribution in [-0.4, -0.2) is 0 Å². The Morgan fingerprint density at radius 2 is 1.76 bits per heavy atom. The van der Waals surface area contributed by atoms with Crippen LogP contribution in [-0.2, 0) is 6.54 Å². The van der Waals surface area contributed by atoms with E-state index in [9.17, 15) is 0 Å². The van der Waals surface area contributed by atoms with Gasteiger partial charge in [-0.15, -0.1) is 22.7 Å². The normalized spacial score (nSPS) is 10.8. The quantitative estimate of drug-likeness (QED) is 0.516. The highest BCUT2D eigenvalue weighted by molar-refractivity contribution is 7.14. The van der Waals surface area contributed by atoms with E-state index in [0.29, 0.717) is 27.3 Å². The number of halogens is 3. The fraction of sp³-hybridized carbons (Fsp3) is 0.0667. The molecule has 21 heavy (non-hydrogen) atoms. The lowest BCUT2D eigenvalue weighted by atomic mass is 10.2. The van der Waals surface area contributed by atoms with Gasteiger partial charge in [0.2, 0.25) is 0 Å². The molecule has 0 bridgehead atoms. The maximum atomic E-state index is 6.16. The van der Waals surface area contributed by atoms with Gasteiger partial charge in [0.25, 0.3) is 0 Å². The smallest absolute Gasteiger partial charge is 0.0722 e. The van der Waals surface area contributed by atoms with Gasteiger partial charge in [-0.05, 0) is 35.0 Å². The summed E-state index contributed by atoms with van der Waals surface area (Å²) < 4.78 is 0. The van der Waals surface area contributed by atoms with Gasteiger partial charge in [-0.2, -0.15) is 0 Å². The van der Waals surface area contributed by atoms with Crippen molar-refractivity contribution in [3.8, 4) is 10.4 Å². The van der Waals surface area contributed by atoms with Gasteiger partial charge < -0.3 is 5.32 Å². The average molecular weight is 375 g/mol. The molecule has 6 heteroatoms. The molecule has 0 atom stereocenters. The zero-order valence-corrected chi connectivity index (χ0v) is 14.6. The van der Waals surface area contributed by atoms with Crippen molar-refractivity contribution in [3.63, 3.8) is 0 Å². The van der Waals surface area contributed by atoms with Gasteiger partial charge in [-0.25, -0.2) is 0 Å². The molecule has 1 N–H and O–H groups in total. The number of nitrogens with one attached hydrogen (secondary N) is 1. The van der Waals surface area contributed by atoms with E-state index in [4.69, 9.17) is 34.8 Å². The third-order valence-electron chi connectivity index (χ3n) is 2.91. The van der Waals surface area contributed by atoms with Crippen LogP contribution in [0.5, 0.6) is 0 Å². The Hall–Kier alpha value is -0.710. The molecule has 2 heterocycles. The second-order valence-electron chi connectivity index (χ2n) is 4.38. The maximum absolute atomic E-state index is 6.16. The summed E-state index contributed by atoms with van der Waals surface area (Å²) in [5.74, 6) is 0. The molecule has 2 aromatic heterocycles. The van der Waals surface area contributed by atoms with Gasteiger partial charge in [0, 0.05) is 26.9 Å². The van der Waals surface area contributed by atoms with Crippen LogP contribution < -0.4 is 5.32 Å². The highest BCUT2D eigenvalue weighted by Crippen LogP contribution is 2.35. The molecule has 1 nitrogen and oxygen atoms in total. The van der Waals surface area contributed by atoms with Gasteiger partial charge >= 0.3 is 0 Å². The number of benzene rings is 1. The molecule has 0 aliphatic rings. The molecule has 108 valence electrons. The Morgan fingerprint density at radius 1 is 1.00 bits per heavy atom. The van der Waals surface area contributed by atoms with Gasteiger partial charge in [0.05, 0.1) is 15.7 Å². The van der Waals surface area contributed by atoms with E-state index in [0.717, 1.165) is 0 Å². The molecular weight excluding hydrogens is 365 g/mol. The first-order valence-electron chi connectivity index (χ1n) is 6.13. The SMILES string of the molecule is Clc1cc(Cl)c(NCc2cc(-c3cccs3)cs2)c(Cl)c1. The predicted molar refractivity (Wildman–Crippen MR) is 96.4 cm³/mol. The Labute approximate surface area is 146 Å². The standard InChI is InChI=1S/C15H10Cl3NS2/c16-10-5-12(17)15(13(18)6-10)19-7-11-4-9(8-21-11)14-2-1-3-20-14/h1-6,8,19H,7H2. The Bertz CT molecular complexity index is 727. The molecule has 0 amide bonds. The van der Waals surface area contributed by atoms with Crippen LogP contribution in [0, 0.1) is 0 Å². The van der Waals surface area contributed by atoms with Crippen molar-refractivity contribution in [2.45, 2.75) is 6.54 Å². The lowest BCUT2D eigenvalue weighted by Gasteiger charge is -2.09. The van der Waals surface area contributed by atoms with Crippen LogP contribution in [0.2, 0.25) is 15.1 Å². The van der Waals surface area contributed by atoms with Crippen molar-refractivity contribution in [3.05, 3.63) is 61.0 Å². The number of anilines is 1. The Kier molecular flexibility index (Phi) is 4.77. The third-order valence-corrected chi connectivity index (χ3v) is 5.58. The minimum atomic E-state index is 0.530. The van der Waals surface area contributed by atoms with Crippen LogP contribution in [0.15, 0.2) is 41.1 Å². The second-order valence-corrected chi connectivity index (χ2v) is 7.57. The first kappa shape index (κ1) is 15.2. The van der Waals surface area contributed by atoms with Crippen molar-refractivity contribution in [1.29, 1.82) is 0 Å². The van der Waals surface area contributed by atoms with Crippen LogP contribution >= 0.6 is 57.5 Å². The van der Waals surface area contributed by atoms with Gasteiger partial charge in [-0.1, -0.05) is 40.9 Å². The molecule has 0 aliphatic carbocycles. The first-order valence-corrected chi connectivity index (χ1v) is 9.02.